The van der Waals surface area contributed by atoms with E-state index in [2.05, 4.69) is 15.8 Å². The Morgan fingerprint density at radius 1 is 1.07 bits per heavy atom. The van der Waals surface area contributed by atoms with E-state index in [1.165, 1.54) is 18.2 Å². The molecule has 7 heteroatoms. The number of hydrazine groups is 1. The molecule has 0 bridgehead atoms. The summed E-state index contributed by atoms with van der Waals surface area (Å²) in [7, 11) is 0. The summed E-state index contributed by atoms with van der Waals surface area (Å²) in [6.07, 6.45) is 0.883. The predicted octanol–water partition coefficient (Wildman–Crippen LogP) is 2.98. The van der Waals surface area contributed by atoms with Crippen molar-refractivity contribution in [3.63, 3.8) is 0 Å². The van der Waals surface area contributed by atoms with Crippen LogP contribution >= 0.6 is 0 Å². The van der Waals surface area contributed by atoms with Gasteiger partial charge < -0.3 is 4.74 Å². The summed E-state index contributed by atoms with van der Waals surface area (Å²) in [5, 5.41) is 0.491. The van der Waals surface area contributed by atoms with Gasteiger partial charge in [-0.15, -0.1) is 0 Å². The lowest BCUT2D eigenvalue weighted by Gasteiger charge is -2.13. The Labute approximate surface area is 160 Å². The molecule has 1 unspecified atom stereocenters. The summed E-state index contributed by atoms with van der Waals surface area (Å²) in [6, 6.07) is 15.0. The number of hydrogen-bond donors (Lipinski definition) is 2. The third-order valence-electron chi connectivity index (χ3n) is 4.61. The van der Waals surface area contributed by atoms with Crippen LogP contribution in [0.2, 0.25) is 0 Å². The van der Waals surface area contributed by atoms with E-state index in [-0.39, 0.29) is 5.56 Å². The van der Waals surface area contributed by atoms with Gasteiger partial charge in [0.25, 0.3) is 11.8 Å². The van der Waals surface area contributed by atoms with Gasteiger partial charge in [0.1, 0.15) is 11.9 Å². The minimum absolute atomic E-state index is 0.288. The van der Waals surface area contributed by atoms with Gasteiger partial charge in [-0.2, -0.15) is 0 Å². The summed E-state index contributed by atoms with van der Waals surface area (Å²) in [5.74, 6) is -1.34. The summed E-state index contributed by atoms with van der Waals surface area (Å²) < 4.78 is 19.0. The fourth-order valence-electron chi connectivity index (χ4n) is 3.20. The van der Waals surface area contributed by atoms with Crippen LogP contribution in [0.15, 0.2) is 54.6 Å². The summed E-state index contributed by atoms with van der Waals surface area (Å²) in [6.45, 7) is 0.535. The monoisotopic (exact) mass is 379 g/mol. The maximum absolute atomic E-state index is 13.7. The molecule has 1 aliphatic rings. The molecule has 0 saturated carbocycles. The van der Waals surface area contributed by atoms with Gasteiger partial charge in [-0.05, 0) is 31.0 Å². The summed E-state index contributed by atoms with van der Waals surface area (Å²) in [4.78, 5) is 29.3. The number of hydrogen-bond acceptors (Lipinski definition) is 4. The maximum atomic E-state index is 13.7. The van der Waals surface area contributed by atoms with Gasteiger partial charge in [0, 0.05) is 23.6 Å². The Kier molecular flexibility index (Phi) is 4.99. The molecule has 1 aliphatic heterocycles. The number of ether oxygens (including phenoxy) is 1. The lowest BCUT2D eigenvalue weighted by Crippen LogP contribution is -2.46. The molecule has 1 fully saturated rings. The Morgan fingerprint density at radius 2 is 1.89 bits per heavy atom. The van der Waals surface area contributed by atoms with Gasteiger partial charge in [-0.1, -0.05) is 30.3 Å². The third kappa shape index (κ3) is 3.70. The molecule has 1 aromatic heterocycles. The molecule has 1 saturated heterocycles. The van der Waals surface area contributed by atoms with Crippen molar-refractivity contribution in [2.24, 2.45) is 0 Å². The number of nitrogens with one attached hydrogen (secondary N) is 2. The van der Waals surface area contributed by atoms with Crippen LogP contribution in [0.3, 0.4) is 0 Å². The van der Waals surface area contributed by atoms with Crippen LogP contribution in [0.25, 0.3) is 22.2 Å². The zero-order valence-electron chi connectivity index (χ0n) is 14.9. The van der Waals surface area contributed by atoms with Crippen molar-refractivity contribution in [1.29, 1.82) is 0 Å². The molecule has 3 aromatic rings. The van der Waals surface area contributed by atoms with Crippen LogP contribution < -0.4 is 10.9 Å². The number of amides is 2. The first-order valence-corrected chi connectivity index (χ1v) is 8.99. The highest BCUT2D eigenvalue weighted by Crippen LogP contribution is 2.25. The van der Waals surface area contributed by atoms with Crippen LogP contribution in [-0.2, 0) is 9.53 Å². The average Bonchev–Trinajstić information content (AvgIpc) is 3.26. The molecule has 0 spiro atoms. The molecule has 0 aliphatic carbocycles. The Bertz CT molecular complexity index is 1030. The molecule has 28 heavy (non-hydrogen) atoms. The number of nitrogens with zero attached hydrogens (tertiary/aromatic N) is 1. The first kappa shape index (κ1) is 18.1. The minimum atomic E-state index is -0.552. The van der Waals surface area contributed by atoms with Crippen molar-refractivity contribution in [1.82, 2.24) is 15.8 Å². The maximum Gasteiger partial charge on any atom is 0.270 e. The van der Waals surface area contributed by atoms with Crippen molar-refractivity contribution in [2.75, 3.05) is 6.61 Å². The van der Waals surface area contributed by atoms with Crippen molar-refractivity contribution < 1.29 is 18.7 Å². The highest BCUT2D eigenvalue weighted by atomic mass is 19.1. The first-order valence-electron chi connectivity index (χ1n) is 8.99. The van der Waals surface area contributed by atoms with Gasteiger partial charge in [-0.25, -0.2) is 9.37 Å². The third-order valence-corrected chi connectivity index (χ3v) is 4.61. The second-order valence-electron chi connectivity index (χ2n) is 6.53. The molecule has 1 atom stereocenters. The Balaban J connectivity index is 1.66. The molecular weight excluding hydrogens is 361 g/mol. The number of rotatable bonds is 3. The van der Waals surface area contributed by atoms with E-state index >= 15 is 0 Å². The quantitative estimate of drug-likeness (QED) is 0.686. The minimum Gasteiger partial charge on any atom is -0.368 e. The smallest absolute Gasteiger partial charge is 0.270 e. The molecule has 0 radical (unpaired) electrons. The molecular formula is C21H18FN3O3. The van der Waals surface area contributed by atoms with E-state index < -0.39 is 23.7 Å². The fourth-order valence-corrected chi connectivity index (χ4v) is 3.20. The molecule has 2 amide bonds. The van der Waals surface area contributed by atoms with E-state index in [0.717, 1.165) is 12.0 Å². The van der Waals surface area contributed by atoms with Gasteiger partial charge >= 0.3 is 0 Å². The second-order valence-corrected chi connectivity index (χ2v) is 6.53. The second kappa shape index (κ2) is 7.74. The number of benzene rings is 2. The lowest BCUT2D eigenvalue weighted by atomic mass is 10.0. The zero-order valence-corrected chi connectivity index (χ0v) is 14.9. The SMILES string of the molecule is O=C(NNC(=O)C1CCCO1)c1cc(-c2ccccc2)nc2cc(F)ccc12. The van der Waals surface area contributed by atoms with Crippen molar-refractivity contribution in [3.05, 3.63) is 66.0 Å². The number of halogens is 1. The highest BCUT2D eigenvalue weighted by molar-refractivity contribution is 6.07. The van der Waals surface area contributed by atoms with Crippen molar-refractivity contribution in [2.45, 2.75) is 18.9 Å². The number of aromatic nitrogens is 1. The van der Waals surface area contributed by atoms with Crippen LogP contribution in [-0.4, -0.2) is 29.5 Å². The van der Waals surface area contributed by atoms with E-state index in [4.69, 9.17) is 4.74 Å². The summed E-state index contributed by atoms with van der Waals surface area (Å²) >= 11 is 0. The van der Waals surface area contributed by atoms with E-state index in [1.807, 2.05) is 30.3 Å². The topological polar surface area (TPSA) is 80.3 Å². The normalized spacial score (nSPS) is 16.1. The molecule has 2 heterocycles. The van der Waals surface area contributed by atoms with Crippen molar-refractivity contribution >= 4 is 22.7 Å². The number of carbonyl (C=O) groups is 2. The zero-order chi connectivity index (χ0) is 19.5. The Hall–Kier alpha value is -3.32. The largest absolute Gasteiger partial charge is 0.368 e. The highest BCUT2D eigenvalue weighted by Gasteiger charge is 2.24. The van der Waals surface area contributed by atoms with E-state index in [9.17, 15) is 14.0 Å². The van der Waals surface area contributed by atoms with Crippen molar-refractivity contribution in [3.8, 4) is 11.3 Å². The molecule has 2 aromatic carbocycles. The number of pyridine rings is 1. The van der Waals surface area contributed by atoms with Crippen LogP contribution in [0.1, 0.15) is 23.2 Å². The standard InChI is InChI=1S/C21H18FN3O3/c22-14-8-9-15-16(20(26)24-25-21(27)19-7-4-10-28-19)12-17(23-18(15)11-14)13-5-2-1-3-6-13/h1-3,5-6,8-9,11-12,19H,4,7,10H2,(H,24,26)(H,25,27). The van der Waals surface area contributed by atoms with Crippen LogP contribution in [0.4, 0.5) is 4.39 Å². The van der Waals surface area contributed by atoms with Gasteiger partial charge in [0.2, 0.25) is 0 Å². The van der Waals surface area contributed by atoms with E-state index in [0.29, 0.717) is 29.6 Å². The van der Waals surface area contributed by atoms with Crippen LogP contribution in [0, 0.1) is 5.82 Å². The lowest BCUT2D eigenvalue weighted by molar-refractivity contribution is -0.130. The van der Waals surface area contributed by atoms with Gasteiger partial charge in [0.15, 0.2) is 0 Å². The van der Waals surface area contributed by atoms with Crippen LogP contribution in [0.5, 0.6) is 0 Å². The molecule has 142 valence electrons. The fraction of sp³-hybridized carbons (Fsp3) is 0.190. The molecule has 4 rings (SSSR count). The first-order chi connectivity index (χ1) is 13.6. The Morgan fingerprint density at radius 3 is 2.64 bits per heavy atom. The van der Waals surface area contributed by atoms with Gasteiger partial charge in [0.05, 0.1) is 16.8 Å². The summed E-state index contributed by atoms with van der Waals surface area (Å²) in [5.41, 5.74) is 6.80. The van der Waals surface area contributed by atoms with Gasteiger partial charge in [-0.3, -0.25) is 20.4 Å². The van der Waals surface area contributed by atoms with E-state index in [1.54, 1.807) is 6.07 Å². The molecule has 2 N–H and O–H groups in total. The molecule has 6 nitrogen and oxygen atoms in total. The number of fused-ring (bicyclic) bond motifs is 1. The predicted molar refractivity (Wildman–Crippen MR) is 102 cm³/mol. The number of carbonyl (C=O) groups excluding carboxylic acids is 2. The average molecular weight is 379 g/mol.